The molecule has 0 aliphatic heterocycles. The van der Waals surface area contributed by atoms with Gasteiger partial charge in [-0.2, -0.15) is 0 Å². The Morgan fingerprint density at radius 1 is 1.37 bits per heavy atom. The number of anilines is 2. The Morgan fingerprint density at radius 3 is 2.74 bits per heavy atom. The molecule has 0 aromatic heterocycles. The quantitative estimate of drug-likeness (QED) is 0.450. The zero-order valence-electron chi connectivity index (χ0n) is 12.0. The van der Waals surface area contributed by atoms with Crippen molar-refractivity contribution in [2.75, 3.05) is 24.7 Å². The second-order valence-corrected chi connectivity index (χ2v) is 5.08. The lowest BCUT2D eigenvalue weighted by atomic mass is 10.1. The van der Waals surface area contributed by atoms with Gasteiger partial charge >= 0.3 is 5.97 Å². The standard InChI is InChI=1S/C15H24N2O2/c1-11(2)7-4-5-10-17-14-12(15(18)19-3)8-6-9-13(14)16/h6,8-9,11,17H,4-5,7,10,16H2,1-3H3. The minimum atomic E-state index is -0.364. The normalized spacial score (nSPS) is 10.5. The number of unbranched alkanes of at least 4 members (excludes halogenated alkanes) is 1. The Hall–Kier alpha value is -1.71. The summed E-state index contributed by atoms with van der Waals surface area (Å²) >= 11 is 0. The predicted octanol–water partition coefficient (Wildman–Crippen LogP) is 3.29. The fraction of sp³-hybridized carbons (Fsp3) is 0.533. The lowest BCUT2D eigenvalue weighted by molar-refractivity contribution is 0.0602. The van der Waals surface area contributed by atoms with E-state index in [0.717, 1.165) is 18.9 Å². The van der Waals surface area contributed by atoms with Crippen molar-refractivity contribution >= 4 is 17.3 Å². The lowest BCUT2D eigenvalue weighted by Crippen LogP contribution is -2.11. The number of hydrogen-bond donors (Lipinski definition) is 2. The minimum absolute atomic E-state index is 0.364. The lowest BCUT2D eigenvalue weighted by Gasteiger charge is -2.13. The first kappa shape index (κ1) is 15.3. The highest BCUT2D eigenvalue weighted by Crippen LogP contribution is 2.24. The van der Waals surface area contributed by atoms with Crippen LogP contribution in [0.2, 0.25) is 0 Å². The van der Waals surface area contributed by atoms with E-state index in [2.05, 4.69) is 19.2 Å². The van der Waals surface area contributed by atoms with E-state index < -0.39 is 0 Å². The maximum absolute atomic E-state index is 11.6. The molecule has 4 heteroatoms. The fourth-order valence-corrected chi connectivity index (χ4v) is 1.94. The monoisotopic (exact) mass is 264 g/mol. The Morgan fingerprint density at radius 2 is 2.11 bits per heavy atom. The van der Waals surface area contributed by atoms with Gasteiger partial charge in [0.15, 0.2) is 0 Å². The summed E-state index contributed by atoms with van der Waals surface area (Å²) in [6.45, 7) is 5.25. The van der Waals surface area contributed by atoms with E-state index in [1.54, 1.807) is 18.2 Å². The largest absolute Gasteiger partial charge is 0.465 e. The van der Waals surface area contributed by atoms with Crippen LogP contribution in [0, 0.1) is 5.92 Å². The molecule has 0 amide bonds. The maximum Gasteiger partial charge on any atom is 0.340 e. The van der Waals surface area contributed by atoms with Gasteiger partial charge < -0.3 is 15.8 Å². The van der Waals surface area contributed by atoms with E-state index in [1.165, 1.54) is 20.0 Å². The maximum atomic E-state index is 11.6. The van der Waals surface area contributed by atoms with Crippen LogP contribution in [0.15, 0.2) is 18.2 Å². The molecule has 0 radical (unpaired) electrons. The number of nitrogens with one attached hydrogen (secondary N) is 1. The van der Waals surface area contributed by atoms with E-state index in [1.807, 2.05) is 0 Å². The molecule has 1 aromatic carbocycles. The number of nitrogens with two attached hydrogens (primary N) is 1. The fourth-order valence-electron chi connectivity index (χ4n) is 1.94. The van der Waals surface area contributed by atoms with Gasteiger partial charge in [-0.1, -0.05) is 32.8 Å². The molecule has 3 N–H and O–H groups in total. The summed E-state index contributed by atoms with van der Waals surface area (Å²) in [7, 11) is 1.37. The van der Waals surface area contributed by atoms with Gasteiger partial charge in [0.25, 0.3) is 0 Å². The number of ether oxygens (including phenoxy) is 1. The van der Waals surface area contributed by atoms with Crippen LogP contribution in [0.25, 0.3) is 0 Å². The van der Waals surface area contributed by atoms with Crippen LogP contribution in [0.3, 0.4) is 0 Å². The summed E-state index contributed by atoms with van der Waals surface area (Å²) < 4.78 is 4.76. The molecule has 0 bridgehead atoms. The summed E-state index contributed by atoms with van der Waals surface area (Å²) in [5.41, 5.74) is 7.65. The molecule has 0 aliphatic carbocycles. The van der Waals surface area contributed by atoms with Crippen LogP contribution in [0.4, 0.5) is 11.4 Å². The third kappa shape index (κ3) is 4.81. The van der Waals surface area contributed by atoms with E-state index in [9.17, 15) is 4.79 Å². The van der Waals surface area contributed by atoms with Gasteiger partial charge in [0.1, 0.15) is 0 Å². The van der Waals surface area contributed by atoms with Crippen LogP contribution in [0.1, 0.15) is 43.5 Å². The molecule has 0 atom stereocenters. The zero-order chi connectivity index (χ0) is 14.3. The molecule has 4 nitrogen and oxygen atoms in total. The van der Waals surface area contributed by atoms with Crippen LogP contribution in [-0.2, 0) is 4.74 Å². The van der Waals surface area contributed by atoms with Crippen molar-refractivity contribution in [2.24, 2.45) is 5.92 Å². The van der Waals surface area contributed by atoms with Crippen molar-refractivity contribution < 1.29 is 9.53 Å². The van der Waals surface area contributed by atoms with Crippen molar-refractivity contribution in [1.82, 2.24) is 0 Å². The van der Waals surface area contributed by atoms with E-state index >= 15 is 0 Å². The Bertz CT molecular complexity index is 417. The molecule has 0 unspecified atom stereocenters. The molecule has 19 heavy (non-hydrogen) atoms. The first-order valence-corrected chi connectivity index (χ1v) is 6.77. The van der Waals surface area contributed by atoms with Crippen molar-refractivity contribution in [1.29, 1.82) is 0 Å². The van der Waals surface area contributed by atoms with Gasteiger partial charge in [0.2, 0.25) is 0 Å². The van der Waals surface area contributed by atoms with Gasteiger partial charge in [0, 0.05) is 6.54 Å². The van der Waals surface area contributed by atoms with Crippen LogP contribution in [0.5, 0.6) is 0 Å². The molecular formula is C15H24N2O2. The molecule has 106 valence electrons. The summed E-state index contributed by atoms with van der Waals surface area (Å²) in [5, 5.41) is 3.24. The summed E-state index contributed by atoms with van der Waals surface area (Å²) in [4.78, 5) is 11.6. The van der Waals surface area contributed by atoms with E-state index in [0.29, 0.717) is 16.9 Å². The van der Waals surface area contributed by atoms with Crippen molar-refractivity contribution in [3.63, 3.8) is 0 Å². The first-order valence-electron chi connectivity index (χ1n) is 6.77. The molecule has 0 heterocycles. The number of carbonyl (C=O) groups excluding carboxylic acids is 1. The molecule has 1 rings (SSSR count). The number of methoxy groups -OCH3 is 1. The highest BCUT2D eigenvalue weighted by atomic mass is 16.5. The molecule has 0 aliphatic rings. The molecular weight excluding hydrogens is 240 g/mol. The number of para-hydroxylation sites is 1. The van der Waals surface area contributed by atoms with Crippen LogP contribution < -0.4 is 11.1 Å². The van der Waals surface area contributed by atoms with Gasteiger partial charge in [0.05, 0.1) is 24.0 Å². The first-order chi connectivity index (χ1) is 9.06. The number of benzene rings is 1. The van der Waals surface area contributed by atoms with Gasteiger partial charge in [-0.25, -0.2) is 4.79 Å². The highest BCUT2D eigenvalue weighted by Gasteiger charge is 2.13. The number of esters is 1. The summed E-state index contributed by atoms with van der Waals surface area (Å²) in [6, 6.07) is 5.26. The van der Waals surface area contributed by atoms with Gasteiger partial charge in [-0.15, -0.1) is 0 Å². The van der Waals surface area contributed by atoms with Crippen molar-refractivity contribution in [2.45, 2.75) is 33.1 Å². The van der Waals surface area contributed by atoms with Crippen molar-refractivity contribution in [3.05, 3.63) is 23.8 Å². The van der Waals surface area contributed by atoms with Crippen molar-refractivity contribution in [3.8, 4) is 0 Å². The number of rotatable bonds is 7. The average Bonchev–Trinajstić information content (AvgIpc) is 2.38. The van der Waals surface area contributed by atoms with E-state index in [4.69, 9.17) is 10.5 Å². The summed E-state index contributed by atoms with van der Waals surface area (Å²) in [5.74, 6) is 0.365. The van der Waals surface area contributed by atoms with Crippen LogP contribution >= 0.6 is 0 Å². The highest BCUT2D eigenvalue weighted by molar-refractivity contribution is 5.98. The summed E-state index contributed by atoms with van der Waals surface area (Å²) in [6.07, 6.45) is 3.45. The smallest absolute Gasteiger partial charge is 0.340 e. The Labute approximate surface area is 115 Å². The molecule has 0 fully saturated rings. The SMILES string of the molecule is COC(=O)c1cccc(N)c1NCCCCC(C)C. The van der Waals surface area contributed by atoms with Crippen LogP contribution in [-0.4, -0.2) is 19.6 Å². The second-order valence-electron chi connectivity index (χ2n) is 5.08. The third-order valence-corrected chi connectivity index (χ3v) is 3.01. The number of carbonyl (C=O) groups is 1. The average molecular weight is 264 g/mol. The minimum Gasteiger partial charge on any atom is -0.465 e. The number of hydrogen-bond acceptors (Lipinski definition) is 4. The Balaban J connectivity index is 2.59. The molecule has 1 aromatic rings. The van der Waals surface area contributed by atoms with Gasteiger partial charge in [-0.05, 0) is 24.5 Å². The molecule has 0 spiro atoms. The second kappa shape index (κ2) is 7.67. The topological polar surface area (TPSA) is 64.3 Å². The van der Waals surface area contributed by atoms with Gasteiger partial charge in [-0.3, -0.25) is 0 Å². The number of nitrogen functional groups attached to an aromatic ring is 1. The molecule has 0 saturated carbocycles. The molecule has 0 saturated heterocycles. The predicted molar refractivity (Wildman–Crippen MR) is 79.4 cm³/mol. The third-order valence-electron chi connectivity index (χ3n) is 3.01. The Kier molecular flexibility index (Phi) is 6.19. The zero-order valence-corrected chi connectivity index (χ0v) is 12.0. The van der Waals surface area contributed by atoms with E-state index in [-0.39, 0.29) is 5.97 Å².